The Labute approximate surface area is 108 Å². The van der Waals surface area contributed by atoms with Crippen molar-refractivity contribution in [3.05, 3.63) is 48.0 Å². The number of hydrogen-bond acceptors (Lipinski definition) is 2. The summed E-state index contributed by atoms with van der Waals surface area (Å²) in [6, 6.07) is 13.3. The van der Waals surface area contributed by atoms with Crippen molar-refractivity contribution in [3.8, 4) is 16.9 Å². The lowest BCUT2D eigenvalue weighted by Gasteiger charge is -2.21. The molecule has 0 aliphatic carbocycles. The van der Waals surface area contributed by atoms with Crippen LogP contribution in [0.15, 0.2) is 42.5 Å². The van der Waals surface area contributed by atoms with E-state index in [1.54, 1.807) is 6.07 Å². The average Bonchev–Trinajstić information content (AvgIpc) is 2.29. The Morgan fingerprint density at radius 1 is 0.944 bits per heavy atom. The highest BCUT2D eigenvalue weighted by atomic mass is 16.3. The number of phenols is 1. The molecule has 0 spiro atoms. The Hall–Kier alpha value is -1.96. The first-order valence-corrected chi connectivity index (χ1v) is 6.08. The molecule has 94 valence electrons. The van der Waals surface area contributed by atoms with Gasteiger partial charge in [-0.25, -0.2) is 0 Å². The van der Waals surface area contributed by atoms with Gasteiger partial charge in [-0.05, 0) is 29.2 Å². The molecule has 0 heterocycles. The van der Waals surface area contributed by atoms with Crippen molar-refractivity contribution in [3.63, 3.8) is 0 Å². The first kappa shape index (κ1) is 12.5. The Bertz CT molecular complexity index is 568. The highest BCUT2D eigenvalue weighted by Crippen LogP contribution is 2.35. The summed E-state index contributed by atoms with van der Waals surface area (Å²) in [6.07, 6.45) is 0. The zero-order valence-corrected chi connectivity index (χ0v) is 11.1. The Kier molecular flexibility index (Phi) is 3.04. The van der Waals surface area contributed by atoms with E-state index in [0.29, 0.717) is 5.69 Å². The van der Waals surface area contributed by atoms with E-state index in [1.807, 2.05) is 30.3 Å². The van der Waals surface area contributed by atoms with Crippen molar-refractivity contribution in [1.29, 1.82) is 0 Å². The van der Waals surface area contributed by atoms with Crippen LogP contribution >= 0.6 is 0 Å². The molecule has 0 saturated heterocycles. The number of rotatable bonds is 1. The molecular formula is C16H19NO. The van der Waals surface area contributed by atoms with Crippen LogP contribution < -0.4 is 5.73 Å². The van der Waals surface area contributed by atoms with Crippen LogP contribution in [0.4, 0.5) is 5.69 Å². The van der Waals surface area contributed by atoms with Gasteiger partial charge in [0.2, 0.25) is 0 Å². The minimum atomic E-state index is 0.0624. The Balaban J connectivity index is 2.61. The maximum atomic E-state index is 9.93. The number of benzene rings is 2. The van der Waals surface area contributed by atoms with Gasteiger partial charge in [0.1, 0.15) is 5.75 Å². The third kappa shape index (κ3) is 2.33. The van der Waals surface area contributed by atoms with Crippen molar-refractivity contribution in [2.75, 3.05) is 5.73 Å². The summed E-state index contributed by atoms with van der Waals surface area (Å²) in [4.78, 5) is 0. The SMILES string of the molecule is CC(C)(C)c1ccc(N)c(-c2ccccc2O)c1. The number of phenolic OH excluding ortho intramolecular Hbond substituents is 1. The predicted octanol–water partition coefficient (Wildman–Crippen LogP) is 3.94. The quantitative estimate of drug-likeness (QED) is 0.743. The predicted molar refractivity (Wildman–Crippen MR) is 76.7 cm³/mol. The number of aromatic hydroxyl groups is 1. The molecule has 0 saturated carbocycles. The molecule has 3 N–H and O–H groups in total. The molecule has 0 atom stereocenters. The van der Waals surface area contributed by atoms with Crippen LogP contribution in [0.5, 0.6) is 5.75 Å². The highest BCUT2D eigenvalue weighted by molar-refractivity contribution is 5.80. The van der Waals surface area contributed by atoms with Gasteiger partial charge < -0.3 is 10.8 Å². The third-order valence-corrected chi connectivity index (χ3v) is 3.11. The van der Waals surface area contributed by atoms with E-state index in [-0.39, 0.29) is 11.2 Å². The molecule has 0 aliphatic heterocycles. The van der Waals surface area contributed by atoms with E-state index in [4.69, 9.17) is 5.73 Å². The molecule has 0 aliphatic rings. The molecule has 0 unspecified atom stereocenters. The molecule has 0 fully saturated rings. The number of para-hydroxylation sites is 1. The minimum absolute atomic E-state index is 0.0624. The fourth-order valence-corrected chi connectivity index (χ4v) is 1.96. The second-order valence-corrected chi connectivity index (χ2v) is 5.57. The van der Waals surface area contributed by atoms with Crippen molar-refractivity contribution in [2.45, 2.75) is 26.2 Å². The third-order valence-electron chi connectivity index (χ3n) is 3.11. The molecule has 0 amide bonds. The molecule has 0 aromatic heterocycles. The average molecular weight is 241 g/mol. The Morgan fingerprint density at radius 2 is 1.61 bits per heavy atom. The van der Waals surface area contributed by atoms with Gasteiger partial charge in [0.05, 0.1) is 0 Å². The second-order valence-electron chi connectivity index (χ2n) is 5.57. The molecule has 0 radical (unpaired) electrons. The first-order chi connectivity index (χ1) is 8.39. The summed E-state index contributed by atoms with van der Waals surface area (Å²) in [5.74, 6) is 0.259. The van der Waals surface area contributed by atoms with Gasteiger partial charge in [0, 0.05) is 16.8 Å². The standard InChI is InChI=1S/C16H19NO/c1-16(2,3)11-8-9-14(17)13(10-11)12-6-4-5-7-15(12)18/h4-10,18H,17H2,1-3H3. The van der Waals surface area contributed by atoms with Crippen molar-refractivity contribution < 1.29 is 5.11 Å². The van der Waals surface area contributed by atoms with E-state index in [1.165, 1.54) is 5.56 Å². The number of anilines is 1. The van der Waals surface area contributed by atoms with Gasteiger partial charge >= 0.3 is 0 Å². The fraction of sp³-hybridized carbons (Fsp3) is 0.250. The highest BCUT2D eigenvalue weighted by Gasteiger charge is 2.16. The molecule has 2 rings (SSSR count). The summed E-state index contributed by atoms with van der Waals surface area (Å²) in [6.45, 7) is 6.48. The van der Waals surface area contributed by atoms with Gasteiger partial charge in [-0.15, -0.1) is 0 Å². The van der Waals surface area contributed by atoms with Crippen LogP contribution in [0, 0.1) is 0 Å². The van der Waals surface area contributed by atoms with Gasteiger partial charge in [-0.2, -0.15) is 0 Å². The van der Waals surface area contributed by atoms with E-state index < -0.39 is 0 Å². The summed E-state index contributed by atoms with van der Waals surface area (Å²) in [5, 5.41) is 9.93. The molecule has 18 heavy (non-hydrogen) atoms. The maximum Gasteiger partial charge on any atom is 0.123 e. The van der Waals surface area contributed by atoms with Crippen molar-refractivity contribution >= 4 is 5.69 Å². The van der Waals surface area contributed by atoms with Gasteiger partial charge in [-0.1, -0.05) is 45.0 Å². The van der Waals surface area contributed by atoms with E-state index in [2.05, 4.69) is 26.8 Å². The molecule has 2 heteroatoms. The van der Waals surface area contributed by atoms with Crippen LogP contribution in [0.3, 0.4) is 0 Å². The van der Waals surface area contributed by atoms with Crippen LogP contribution in [0.2, 0.25) is 0 Å². The van der Waals surface area contributed by atoms with Crippen LogP contribution in [-0.2, 0) is 5.41 Å². The lowest BCUT2D eigenvalue weighted by molar-refractivity contribution is 0.477. The zero-order valence-electron chi connectivity index (χ0n) is 11.1. The summed E-state index contributed by atoms with van der Waals surface area (Å²) < 4.78 is 0. The lowest BCUT2D eigenvalue weighted by atomic mass is 9.85. The molecule has 2 aromatic rings. The fourth-order valence-electron chi connectivity index (χ4n) is 1.96. The minimum Gasteiger partial charge on any atom is -0.507 e. The van der Waals surface area contributed by atoms with Crippen LogP contribution in [-0.4, -0.2) is 5.11 Å². The van der Waals surface area contributed by atoms with Gasteiger partial charge in [0.15, 0.2) is 0 Å². The van der Waals surface area contributed by atoms with Crippen LogP contribution in [0.25, 0.3) is 11.1 Å². The number of nitrogen functional groups attached to an aromatic ring is 1. The zero-order chi connectivity index (χ0) is 13.3. The smallest absolute Gasteiger partial charge is 0.123 e. The second kappa shape index (κ2) is 4.37. The first-order valence-electron chi connectivity index (χ1n) is 6.08. The molecule has 2 nitrogen and oxygen atoms in total. The summed E-state index contributed by atoms with van der Waals surface area (Å²) in [5.41, 5.74) is 9.64. The van der Waals surface area contributed by atoms with Gasteiger partial charge in [-0.3, -0.25) is 0 Å². The molecule has 2 aromatic carbocycles. The maximum absolute atomic E-state index is 9.93. The summed E-state index contributed by atoms with van der Waals surface area (Å²) in [7, 11) is 0. The van der Waals surface area contributed by atoms with E-state index in [0.717, 1.165) is 11.1 Å². The number of nitrogens with two attached hydrogens (primary N) is 1. The topological polar surface area (TPSA) is 46.2 Å². The normalized spacial score (nSPS) is 11.5. The Morgan fingerprint density at radius 3 is 2.22 bits per heavy atom. The van der Waals surface area contributed by atoms with Crippen molar-refractivity contribution in [1.82, 2.24) is 0 Å². The number of hydrogen-bond donors (Lipinski definition) is 2. The monoisotopic (exact) mass is 241 g/mol. The summed E-state index contributed by atoms with van der Waals surface area (Å²) >= 11 is 0. The van der Waals surface area contributed by atoms with Crippen LogP contribution in [0.1, 0.15) is 26.3 Å². The largest absolute Gasteiger partial charge is 0.507 e. The van der Waals surface area contributed by atoms with Crippen molar-refractivity contribution in [2.24, 2.45) is 0 Å². The molecule has 0 bridgehead atoms. The van der Waals surface area contributed by atoms with E-state index in [9.17, 15) is 5.11 Å². The lowest BCUT2D eigenvalue weighted by Crippen LogP contribution is -2.11. The molecular weight excluding hydrogens is 222 g/mol. The van der Waals surface area contributed by atoms with Gasteiger partial charge in [0.25, 0.3) is 0 Å². The van der Waals surface area contributed by atoms with E-state index >= 15 is 0 Å².